The Hall–Kier alpha value is -3.13. The number of carbonyl (C=O) groups is 2. The highest BCUT2D eigenvalue weighted by Gasteiger charge is 2.30. The predicted molar refractivity (Wildman–Crippen MR) is 123 cm³/mol. The highest BCUT2D eigenvalue weighted by atomic mass is 35.5. The quantitative estimate of drug-likeness (QED) is 0.620. The van der Waals surface area contributed by atoms with E-state index in [1.165, 1.54) is 0 Å². The van der Waals surface area contributed by atoms with Gasteiger partial charge in [0.15, 0.2) is 0 Å². The number of likely N-dealkylation sites (tertiary alicyclic amines) is 1. The summed E-state index contributed by atoms with van der Waals surface area (Å²) in [4.78, 5) is 28.3. The molecule has 0 bridgehead atoms. The number of ether oxygens (including phenoxy) is 1. The Morgan fingerprint density at radius 2 is 1.69 bits per heavy atom. The molecule has 1 aliphatic rings. The average Bonchev–Trinajstić information content (AvgIpc) is 3.16. The molecule has 1 aliphatic heterocycles. The van der Waals surface area contributed by atoms with Gasteiger partial charge in [0.1, 0.15) is 16.6 Å². The van der Waals surface area contributed by atoms with Gasteiger partial charge in [0.05, 0.1) is 16.4 Å². The number of benzene rings is 2. The molecule has 1 fully saturated rings. The number of amides is 2. The maximum Gasteiger partial charge on any atom is 0.410 e. The normalized spacial score (nSPS) is 15.1. The molecular weight excluding hydrogens is 430 g/mol. The number of carbonyl (C=O) groups excluding carboxylic acids is 2. The molecule has 1 aromatic heterocycles. The molecular formula is C23H26ClN5O3. The van der Waals surface area contributed by atoms with Gasteiger partial charge < -0.3 is 15.0 Å². The zero-order chi connectivity index (χ0) is 22.9. The minimum atomic E-state index is -0.539. The van der Waals surface area contributed by atoms with Crippen molar-refractivity contribution in [1.82, 2.24) is 19.9 Å². The molecule has 4 rings (SSSR count). The lowest BCUT2D eigenvalue weighted by molar-refractivity contribution is -0.121. The number of fused-ring (bicyclic) bond motifs is 1. The van der Waals surface area contributed by atoms with Crippen LogP contribution in [0.3, 0.4) is 0 Å². The van der Waals surface area contributed by atoms with Gasteiger partial charge in [0.2, 0.25) is 5.91 Å². The summed E-state index contributed by atoms with van der Waals surface area (Å²) in [6, 6.07) is 13.0. The first-order valence-corrected chi connectivity index (χ1v) is 11.0. The van der Waals surface area contributed by atoms with Crippen molar-refractivity contribution in [3.05, 3.63) is 47.5 Å². The Balaban J connectivity index is 1.42. The van der Waals surface area contributed by atoms with E-state index in [4.69, 9.17) is 16.3 Å². The van der Waals surface area contributed by atoms with Crippen LogP contribution in [-0.2, 0) is 9.53 Å². The van der Waals surface area contributed by atoms with Crippen molar-refractivity contribution in [3.63, 3.8) is 0 Å². The predicted octanol–water partition coefficient (Wildman–Crippen LogP) is 4.66. The topological polar surface area (TPSA) is 89.4 Å². The van der Waals surface area contributed by atoms with Crippen molar-refractivity contribution in [2.24, 2.45) is 5.92 Å². The monoisotopic (exact) mass is 455 g/mol. The SMILES string of the molecule is CC(C)(C)OC(=O)N1CCC(C(=O)Nc2cc3nn(-c4ccccc4)nc3cc2Cl)CC1. The number of nitrogens with zero attached hydrogens (tertiary/aromatic N) is 4. The van der Waals surface area contributed by atoms with Gasteiger partial charge in [-0.05, 0) is 57.9 Å². The number of aromatic nitrogens is 3. The van der Waals surface area contributed by atoms with Crippen molar-refractivity contribution in [2.45, 2.75) is 39.2 Å². The second-order valence-electron chi connectivity index (χ2n) is 8.88. The van der Waals surface area contributed by atoms with Gasteiger partial charge in [0, 0.05) is 19.0 Å². The van der Waals surface area contributed by atoms with Crippen LogP contribution in [0.2, 0.25) is 5.02 Å². The van der Waals surface area contributed by atoms with Crippen LogP contribution in [-0.4, -0.2) is 50.6 Å². The second kappa shape index (κ2) is 8.78. The van der Waals surface area contributed by atoms with Crippen LogP contribution in [0.15, 0.2) is 42.5 Å². The molecule has 168 valence electrons. The molecule has 0 aliphatic carbocycles. The summed E-state index contributed by atoms with van der Waals surface area (Å²) in [6.45, 7) is 6.47. The first-order chi connectivity index (χ1) is 15.2. The number of hydrogen-bond donors (Lipinski definition) is 1. The number of halogens is 1. The number of piperidine rings is 1. The number of hydrogen-bond acceptors (Lipinski definition) is 5. The Morgan fingerprint density at radius 3 is 2.31 bits per heavy atom. The molecule has 2 amide bonds. The van der Waals surface area contributed by atoms with Crippen molar-refractivity contribution >= 4 is 40.3 Å². The van der Waals surface area contributed by atoms with E-state index < -0.39 is 5.60 Å². The highest BCUT2D eigenvalue weighted by Crippen LogP contribution is 2.29. The first kappa shape index (κ1) is 22.1. The molecule has 1 N–H and O–H groups in total. The van der Waals surface area contributed by atoms with E-state index >= 15 is 0 Å². The molecule has 32 heavy (non-hydrogen) atoms. The van der Waals surface area contributed by atoms with Gasteiger partial charge in [-0.3, -0.25) is 4.79 Å². The summed E-state index contributed by atoms with van der Waals surface area (Å²) in [7, 11) is 0. The molecule has 2 heterocycles. The van der Waals surface area contributed by atoms with E-state index in [1.54, 1.807) is 21.8 Å². The van der Waals surface area contributed by atoms with E-state index in [-0.39, 0.29) is 17.9 Å². The fourth-order valence-electron chi connectivity index (χ4n) is 3.60. The van der Waals surface area contributed by atoms with E-state index in [9.17, 15) is 9.59 Å². The molecule has 3 aromatic rings. The van der Waals surface area contributed by atoms with Crippen LogP contribution in [0.4, 0.5) is 10.5 Å². The maximum absolute atomic E-state index is 12.8. The third kappa shape index (κ3) is 5.02. The van der Waals surface area contributed by atoms with E-state index in [1.807, 2.05) is 51.1 Å². The van der Waals surface area contributed by atoms with Gasteiger partial charge in [-0.1, -0.05) is 29.8 Å². The summed E-state index contributed by atoms with van der Waals surface area (Å²) >= 11 is 6.41. The molecule has 0 atom stereocenters. The summed E-state index contributed by atoms with van der Waals surface area (Å²) in [5, 5.41) is 12.3. The molecule has 9 heteroatoms. The average molecular weight is 456 g/mol. The number of nitrogens with one attached hydrogen (secondary N) is 1. The summed E-state index contributed by atoms with van der Waals surface area (Å²) < 4.78 is 5.41. The van der Waals surface area contributed by atoms with Crippen LogP contribution < -0.4 is 5.32 Å². The van der Waals surface area contributed by atoms with Crippen molar-refractivity contribution in [3.8, 4) is 5.69 Å². The molecule has 1 saturated heterocycles. The smallest absolute Gasteiger partial charge is 0.410 e. The first-order valence-electron chi connectivity index (χ1n) is 10.6. The Kier molecular flexibility index (Phi) is 6.06. The minimum absolute atomic E-state index is 0.120. The lowest BCUT2D eigenvalue weighted by Gasteiger charge is -2.32. The molecule has 2 aromatic carbocycles. The van der Waals surface area contributed by atoms with Crippen LogP contribution in [0.5, 0.6) is 0 Å². The lowest BCUT2D eigenvalue weighted by Crippen LogP contribution is -2.43. The zero-order valence-electron chi connectivity index (χ0n) is 18.3. The van der Waals surface area contributed by atoms with Gasteiger partial charge in [-0.2, -0.15) is 4.80 Å². The standard InChI is InChI=1S/C23H26ClN5O3/c1-23(2,3)32-22(31)28-11-9-15(10-12-28)21(30)25-18-14-20-19(13-17(18)24)26-29(27-20)16-7-5-4-6-8-16/h4-8,13-15H,9-12H2,1-3H3,(H,25,30). The Bertz CT molecular complexity index is 1130. The fourth-order valence-corrected chi connectivity index (χ4v) is 3.80. The summed E-state index contributed by atoms with van der Waals surface area (Å²) in [5.41, 5.74) is 2.07. The van der Waals surface area contributed by atoms with Gasteiger partial charge in [-0.15, -0.1) is 10.2 Å². The third-order valence-electron chi connectivity index (χ3n) is 5.23. The maximum atomic E-state index is 12.8. The van der Waals surface area contributed by atoms with Gasteiger partial charge in [-0.25, -0.2) is 4.79 Å². The Labute approximate surface area is 191 Å². The highest BCUT2D eigenvalue weighted by molar-refractivity contribution is 6.34. The summed E-state index contributed by atoms with van der Waals surface area (Å²) in [5.74, 6) is -0.328. The molecule has 0 unspecified atom stereocenters. The molecule has 8 nitrogen and oxygen atoms in total. The van der Waals surface area contributed by atoms with Crippen LogP contribution in [0.1, 0.15) is 33.6 Å². The number of para-hydroxylation sites is 1. The lowest BCUT2D eigenvalue weighted by atomic mass is 9.96. The number of rotatable bonds is 3. The minimum Gasteiger partial charge on any atom is -0.444 e. The largest absolute Gasteiger partial charge is 0.444 e. The zero-order valence-corrected chi connectivity index (χ0v) is 19.1. The van der Waals surface area contributed by atoms with E-state index in [0.717, 1.165) is 5.69 Å². The second-order valence-corrected chi connectivity index (χ2v) is 9.28. The van der Waals surface area contributed by atoms with E-state index in [2.05, 4.69) is 15.5 Å². The molecule has 0 radical (unpaired) electrons. The van der Waals surface area contributed by atoms with Gasteiger partial charge in [0.25, 0.3) is 0 Å². The summed E-state index contributed by atoms with van der Waals surface area (Å²) in [6.07, 6.45) is 0.788. The van der Waals surface area contributed by atoms with Crippen molar-refractivity contribution in [1.29, 1.82) is 0 Å². The number of anilines is 1. The van der Waals surface area contributed by atoms with Gasteiger partial charge >= 0.3 is 6.09 Å². The van der Waals surface area contributed by atoms with Crippen LogP contribution in [0.25, 0.3) is 16.7 Å². The van der Waals surface area contributed by atoms with Crippen LogP contribution >= 0.6 is 11.6 Å². The third-order valence-corrected chi connectivity index (χ3v) is 5.54. The molecule has 0 saturated carbocycles. The van der Waals surface area contributed by atoms with E-state index in [0.29, 0.717) is 47.7 Å². The molecule has 0 spiro atoms. The Morgan fingerprint density at radius 1 is 1.06 bits per heavy atom. The fraction of sp³-hybridized carbons (Fsp3) is 0.391. The van der Waals surface area contributed by atoms with Crippen molar-refractivity contribution < 1.29 is 14.3 Å². The van der Waals surface area contributed by atoms with Crippen LogP contribution in [0, 0.1) is 5.92 Å². The van der Waals surface area contributed by atoms with Crippen molar-refractivity contribution in [2.75, 3.05) is 18.4 Å².